The lowest BCUT2D eigenvalue weighted by atomic mass is 10.2. The van der Waals surface area contributed by atoms with E-state index in [9.17, 15) is 9.59 Å². The molecule has 21 heavy (non-hydrogen) atoms. The second-order valence-electron chi connectivity index (χ2n) is 4.83. The van der Waals surface area contributed by atoms with Crippen LogP contribution in [-0.4, -0.2) is 34.0 Å². The number of amides is 2. The number of carboxylic acid groups (broad SMARTS) is 1. The minimum absolute atomic E-state index is 0.0336. The second-order valence-corrected chi connectivity index (χ2v) is 4.83. The molecule has 0 saturated heterocycles. The van der Waals surface area contributed by atoms with Gasteiger partial charge in [-0.1, -0.05) is 0 Å². The highest BCUT2D eigenvalue weighted by atomic mass is 16.4. The number of carbonyl (C=O) groups is 2. The van der Waals surface area contributed by atoms with Gasteiger partial charge in [0.2, 0.25) is 0 Å². The number of hydrogen-bond acceptors (Lipinski definition) is 3. The topological polar surface area (TPSA) is 98.6 Å². The summed E-state index contributed by atoms with van der Waals surface area (Å²) in [5.74, 6) is -0.370. The largest absolute Gasteiger partial charge is 0.477 e. The van der Waals surface area contributed by atoms with Gasteiger partial charge in [0.15, 0.2) is 0 Å². The number of urea groups is 1. The number of carbonyl (C=O) groups excluding carboxylic acids is 1. The van der Waals surface area contributed by atoms with Crippen molar-refractivity contribution in [1.29, 1.82) is 0 Å². The van der Waals surface area contributed by atoms with Crippen molar-refractivity contribution < 1.29 is 19.1 Å². The Balaban J connectivity index is 2.07. The molecule has 2 heterocycles. The van der Waals surface area contributed by atoms with E-state index >= 15 is 0 Å². The van der Waals surface area contributed by atoms with Crippen molar-refractivity contribution in [2.75, 3.05) is 12.4 Å². The quantitative estimate of drug-likeness (QED) is 0.806. The molecule has 112 valence electrons. The van der Waals surface area contributed by atoms with Crippen LogP contribution in [0, 0.1) is 13.8 Å². The van der Waals surface area contributed by atoms with Crippen LogP contribution in [0.5, 0.6) is 0 Å². The maximum absolute atomic E-state index is 12.1. The summed E-state index contributed by atoms with van der Waals surface area (Å²) in [6.07, 6.45) is 1.56. The molecule has 2 rings (SSSR count). The molecule has 0 bridgehead atoms. The highest BCUT2D eigenvalue weighted by Gasteiger charge is 2.18. The zero-order valence-electron chi connectivity index (χ0n) is 12.1. The van der Waals surface area contributed by atoms with E-state index in [1.165, 1.54) is 4.90 Å². The molecule has 0 radical (unpaired) electrons. The van der Waals surface area contributed by atoms with Crippen LogP contribution in [0.2, 0.25) is 0 Å². The summed E-state index contributed by atoms with van der Waals surface area (Å²) in [7, 11) is 1.63. The minimum atomic E-state index is -1.12. The van der Waals surface area contributed by atoms with Crippen molar-refractivity contribution in [3.05, 3.63) is 41.1 Å². The molecule has 0 aliphatic rings. The van der Waals surface area contributed by atoms with Gasteiger partial charge in [-0.15, -0.1) is 0 Å². The molecule has 3 N–H and O–H groups in total. The van der Waals surface area contributed by atoms with Crippen molar-refractivity contribution in [3.8, 4) is 0 Å². The van der Waals surface area contributed by atoms with Gasteiger partial charge in [-0.3, -0.25) is 0 Å². The van der Waals surface area contributed by atoms with E-state index in [0.29, 0.717) is 12.2 Å². The third-order valence-electron chi connectivity index (χ3n) is 3.13. The van der Waals surface area contributed by atoms with Crippen LogP contribution in [0.25, 0.3) is 0 Å². The van der Waals surface area contributed by atoms with E-state index in [4.69, 9.17) is 9.52 Å². The molecule has 0 spiro atoms. The Hall–Kier alpha value is -2.70. The maximum atomic E-state index is 12.1. The van der Waals surface area contributed by atoms with Crippen LogP contribution in [0.3, 0.4) is 0 Å². The van der Waals surface area contributed by atoms with Crippen LogP contribution in [-0.2, 0) is 6.54 Å². The number of anilines is 1. The number of aromatic carboxylic acids is 1. The first-order valence-electron chi connectivity index (χ1n) is 6.36. The smallest absolute Gasteiger partial charge is 0.354 e. The van der Waals surface area contributed by atoms with Gasteiger partial charge in [-0.25, -0.2) is 9.59 Å². The molecule has 0 saturated carbocycles. The Morgan fingerprint density at radius 2 is 2.14 bits per heavy atom. The fourth-order valence-corrected chi connectivity index (χ4v) is 1.97. The van der Waals surface area contributed by atoms with Crippen molar-refractivity contribution in [1.82, 2.24) is 9.88 Å². The van der Waals surface area contributed by atoms with Gasteiger partial charge in [-0.05, 0) is 26.0 Å². The average Bonchev–Trinajstić information content (AvgIpc) is 2.96. The van der Waals surface area contributed by atoms with Crippen LogP contribution in [0.4, 0.5) is 10.5 Å². The van der Waals surface area contributed by atoms with Crippen molar-refractivity contribution >= 4 is 17.7 Å². The highest BCUT2D eigenvalue weighted by molar-refractivity contribution is 5.99. The number of aromatic amines is 1. The predicted octanol–water partition coefficient (Wildman–Crippen LogP) is 2.59. The Kier molecular flexibility index (Phi) is 4.02. The monoisotopic (exact) mass is 291 g/mol. The van der Waals surface area contributed by atoms with Gasteiger partial charge in [0.05, 0.1) is 18.5 Å². The van der Waals surface area contributed by atoms with Crippen LogP contribution in [0.1, 0.15) is 27.5 Å². The van der Waals surface area contributed by atoms with Crippen molar-refractivity contribution in [2.24, 2.45) is 0 Å². The molecule has 2 amide bonds. The van der Waals surface area contributed by atoms with Gasteiger partial charge in [0.1, 0.15) is 11.5 Å². The third-order valence-corrected chi connectivity index (χ3v) is 3.13. The number of furan rings is 1. The van der Waals surface area contributed by atoms with Gasteiger partial charge in [-0.2, -0.15) is 0 Å². The van der Waals surface area contributed by atoms with E-state index < -0.39 is 12.0 Å². The summed E-state index contributed by atoms with van der Waals surface area (Å²) in [4.78, 5) is 27.3. The van der Waals surface area contributed by atoms with Crippen LogP contribution >= 0.6 is 0 Å². The predicted molar refractivity (Wildman–Crippen MR) is 76.4 cm³/mol. The molecule has 7 nitrogen and oxygen atoms in total. The Morgan fingerprint density at radius 3 is 2.71 bits per heavy atom. The second kappa shape index (κ2) is 5.74. The molecule has 2 aromatic rings. The summed E-state index contributed by atoms with van der Waals surface area (Å²) in [6, 6.07) is 2.98. The molecule has 0 aromatic carbocycles. The molecular formula is C14H17N3O4. The number of nitrogens with zero attached hydrogens (tertiary/aromatic N) is 1. The van der Waals surface area contributed by atoms with Gasteiger partial charge in [0.25, 0.3) is 0 Å². The molecule has 0 aliphatic heterocycles. The fourth-order valence-electron chi connectivity index (χ4n) is 1.97. The number of nitrogens with one attached hydrogen (secondary N) is 2. The highest BCUT2D eigenvalue weighted by Crippen LogP contribution is 2.18. The number of H-pyrrole nitrogens is 1. The average molecular weight is 291 g/mol. The number of rotatable bonds is 4. The molecule has 0 atom stereocenters. The zero-order valence-corrected chi connectivity index (χ0v) is 12.1. The summed E-state index contributed by atoms with van der Waals surface area (Å²) >= 11 is 0. The number of aromatic nitrogens is 1. The lowest BCUT2D eigenvalue weighted by Gasteiger charge is -2.17. The molecule has 2 aromatic heterocycles. The Labute approximate surface area is 121 Å². The van der Waals surface area contributed by atoms with Crippen molar-refractivity contribution in [2.45, 2.75) is 20.4 Å². The molecule has 0 unspecified atom stereocenters. The minimum Gasteiger partial charge on any atom is -0.477 e. The summed E-state index contributed by atoms with van der Waals surface area (Å²) in [5, 5.41) is 11.7. The third kappa shape index (κ3) is 3.25. The van der Waals surface area contributed by atoms with E-state index in [1.54, 1.807) is 32.4 Å². The van der Waals surface area contributed by atoms with Gasteiger partial charge < -0.3 is 24.7 Å². The van der Waals surface area contributed by atoms with E-state index in [-0.39, 0.29) is 11.4 Å². The lowest BCUT2D eigenvalue weighted by molar-refractivity contribution is 0.0692. The number of aryl methyl sites for hydroxylation is 2. The SMILES string of the molecule is Cc1cc(NC(=O)N(C)Cc2ccoc2C)c(C(=O)O)[nH]1. The first kappa shape index (κ1) is 14.7. The van der Waals surface area contributed by atoms with Crippen LogP contribution < -0.4 is 5.32 Å². The van der Waals surface area contributed by atoms with E-state index in [0.717, 1.165) is 11.3 Å². The van der Waals surface area contributed by atoms with E-state index in [1.807, 2.05) is 6.92 Å². The van der Waals surface area contributed by atoms with Gasteiger partial charge in [0, 0.05) is 18.3 Å². The first-order valence-corrected chi connectivity index (χ1v) is 6.36. The molecule has 0 fully saturated rings. The molecule has 0 aliphatic carbocycles. The standard InChI is InChI=1S/C14H17N3O4/c1-8-6-11(12(15-8)13(18)19)16-14(20)17(3)7-10-4-5-21-9(10)2/h4-6,15H,7H2,1-3H3,(H,16,20)(H,18,19). The summed E-state index contributed by atoms with van der Waals surface area (Å²) < 4.78 is 5.18. The summed E-state index contributed by atoms with van der Waals surface area (Å²) in [5.41, 5.74) is 1.78. The van der Waals surface area contributed by atoms with Crippen LogP contribution in [0.15, 0.2) is 22.8 Å². The first-order chi connectivity index (χ1) is 9.88. The zero-order chi connectivity index (χ0) is 15.6. The molecule has 7 heteroatoms. The number of carboxylic acids is 1. The normalized spacial score (nSPS) is 10.4. The van der Waals surface area contributed by atoms with Gasteiger partial charge >= 0.3 is 12.0 Å². The Morgan fingerprint density at radius 1 is 1.43 bits per heavy atom. The molecular weight excluding hydrogens is 274 g/mol. The summed E-state index contributed by atoms with van der Waals surface area (Å²) in [6.45, 7) is 3.92. The number of hydrogen-bond donors (Lipinski definition) is 3. The lowest BCUT2D eigenvalue weighted by Crippen LogP contribution is -2.31. The van der Waals surface area contributed by atoms with E-state index in [2.05, 4.69) is 10.3 Å². The fraction of sp³-hybridized carbons (Fsp3) is 0.286. The maximum Gasteiger partial charge on any atom is 0.354 e. The van der Waals surface area contributed by atoms with Crippen molar-refractivity contribution in [3.63, 3.8) is 0 Å². The Bertz CT molecular complexity index is 672.